The second kappa shape index (κ2) is 5.59. The molecule has 2 heterocycles. The third-order valence-electron chi connectivity index (χ3n) is 3.94. The van der Waals surface area contributed by atoms with Crippen molar-refractivity contribution < 1.29 is 9.59 Å². The van der Waals surface area contributed by atoms with E-state index in [1.54, 1.807) is 16.7 Å². The van der Waals surface area contributed by atoms with Crippen LogP contribution in [0.3, 0.4) is 0 Å². The first kappa shape index (κ1) is 15.4. The number of carbonyl (C=O) groups excluding carboxylic acids is 2. The van der Waals surface area contributed by atoms with Crippen molar-refractivity contribution in [3.8, 4) is 0 Å². The molecule has 3 rings (SSSR count). The predicted octanol–water partition coefficient (Wildman–Crippen LogP) is 3.60. The Morgan fingerprint density at radius 1 is 1.48 bits per heavy atom. The van der Waals surface area contributed by atoms with Crippen molar-refractivity contribution >= 4 is 61.1 Å². The number of nitrogens with zero attached hydrogens (tertiary/aromatic N) is 1. The third-order valence-corrected chi connectivity index (χ3v) is 6.59. The quantitative estimate of drug-likeness (QED) is 0.774. The van der Waals surface area contributed by atoms with Gasteiger partial charge in [-0.3, -0.25) is 9.59 Å². The first-order chi connectivity index (χ1) is 9.90. The van der Waals surface area contributed by atoms with Crippen LogP contribution in [0.1, 0.15) is 19.8 Å². The summed E-state index contributed by atoms with van der Waals surface area (Å²) in [5.41, 5.74) is 0.716. The number of anilines is 1. The Morgan fingerprint density at radius 3 is 2.95 bits per heavy atom. The SMILES string of the molecule is CC12CCC(=O)N1C(C(=O)Nc1ccc(Br)cc1Br)CS2. The van der Waals surface area contributed by atoms with Gasteiger partial charge in [0.1, 0.15) is 6.04 Å². The first-order valence-electron chi connectivity index (χ1n) is 6.63. The molecule has 0 aromatic heterocycles. The Hall–Kier alpha value is -0.530. The number of rotatable bonds is 2. The summed E-state index contributed by atoms with van der Waals surface area (Å²) in [4.78, 5) is 26.1. The van der Waals surface area contributed by atoms with Crippen LogP contribution >= 0.6 is 43.6 Å². The Labute approximate surface area is 144 Å². The number of thioether (sulfide) groups is 1. The van der Waals surface area contributed by atoms with E-state index in [-0.39, 0.29) is 22.7 Å². The normalized spacial score (nSPS) is 27.9. The van der Waals surface area contributed by atoms with E-state index in [4.69, 9.17) is 0 Å². The molecule has 2 aliphatic heterocycles. The van der Waals surface area contributed by atoms with Gasteiger partial charge in [0.15, 0.2) is 0 Å². The highest BCUT2D eigenvalue weighted by Crippen LogP contribution is 2.47. The van der Waals surface area contributed by atoms with Crippen molar-refractivity contribution in [1.82, 2.24) is 4.90 Å². The smallest absolute Gasteiger partial charge is 0.248 e. The highest BCUT2D eigenvalue weighted by atomic mass is 79.9. The molecule has 2 unspecified atom stereocenters. The molecule has 0 saturated carbocycles. The lowest BCUT2D eigenvalue weighted by molar-refractivity contribution is -0.135. The zero-order valence-electron chi connectivity index (χ0n) is 11.4. The largest absolute Gasteiger partial charge is 0.323 e. The van der Waals surface area contributed by atoms with Gasteiger partial charge in [0.25, 0.3) is 0 Å². The maximum atomic E-state index is 12.5. The number of hydrogen-bond donors (Lipinski definition) is 1. The van der Waals surface area contributed by atoms with Gasteiger partial charge in [-0.25, -0.2) is 0 Å². The molecular formula is C14H14Br2N2O2S. The molecule has 1 N–H and O–H groups in total. The van der Waals surface area contributed by atoms with Crippen LogP contribution in [0.4, 0.5) is 5.69 Å². The van der Waals surface area contributed by atoms with E-state index in [2.05, 4.69) is 37.2 Å². The Balaban J connectivity index is 1.78. The highest BCUT2D eigenvalue weighted by Gasteiger charge is 2.52. The molecule has 2 fully saturated rings. The van der Waals surface area contributed by atoms with Crippen LogP contribution in [0.25, 0.3) is 0 Å². The fourth-order valence-electron chi connectivity index (χ4n) is 2.82. The summed E-state index contributed by atoms with van der Waals surface area (Å²) in [7, 11) is 0. The Bertz CT molecular complexity index is 625. The second-order valence-electron chi connectivity index (χ2n) is 5.38. The van der Waals surface area contributed by atoms with E-state index in [0.29, 0.717) is 17.9 Å². The van der Waals surface area contributed by atoms with Gasteiger partial charge >= 0.3 is 0 Å². The maximum absolute atomic E-state index is 12.5. The van der Waals surface area contributed by atoms with Gasteiger partial charge in [0.2, 0.25) is 11.8 Å². The maximum Gasteiger partial charge on any atom is 0.248 e. The summed E-state index contributed by atoms with van der Waals surface area (Å²) >= 11 is 8.51. The molecule has 0 spiro atoms. The molecule has 0 radical (unpaired) electrons. The number of halogens is 2. The van der Waals surface area contributed by atoms with Crippen molar-refractivity contribution in [2.24, 2.45) is 0 Å². The summed E-state index contributed by atoms with van der Waals surface area (Å²) in [6.45, 7) is 2.05. The van der Waals surface area contributed by atoms with Crippen LogP contribution in [0.5, 0.6) is 0 Å². The average Bonchev–Trinajstić information content (AvgIpc) is 2.90. The standard InChI is InChI=1S/C14H14Br2N2O2S/c1-14-5-4-12(19)18(14)11(7-21-14)13(20)17-10-3-2-8(15)6-9(10)16/h2-3,6,11H,4-5,7H2,1H3,(H,17,20). The monoisotopic (exact) mass is 432 g/mol. The van der Waals surface area contributed by atoms with Gasteiger partial charge in [0.05, 0.1) is 10.6 Å². The number of carbonyl (C=O) groups is 2. The van der Waals surface area contributed by atoms with Crippen LogP contribution < -0.4 is 5.32 Å². The van der Waals surface area contributed by atoms with Gasteiger partial charge in [-0.15, -0.1) is 11.8 Å². The molecule has 21 heavy (non-hydrogen) atoms. The van der Waals surface area contributed by atoms with Crippen molar-refractivity contribution in [1.29, 1.82) is 0 Å². The zero-order chi connectivity index (χ0) is 15.2. The fourth-order valence-corrected chi connectivity index (χ4v) is 5.40. The predicted molar refractivity (Wildman–Crippen MR) is 91.2 cm³/mol. The van der Waals surface area contributed by atoms with Crippen molar-refractivity contribution in [3.05, 3.63) is 27.1 Å². The van der Waals surface area contributed by atoms with Gasteiger partial charge < -0.3 is 10.2 Å². The topological polar surface area (TPSA) is 49.4 Å². The van der Waals surface area contributed by atoms with E-state index >= 15 is 0 Å². The van der Waals surface area contributed by atoms with Crippen LogP contribution in [0.15, 0.2) is 27.1 Å². The highest BCUT2D eigenvalue weighted by molar-refractivity contribution is 9.11. The Morgan fingerprint density at radius 2 is 2.24 bits per heavy atom. The molecule has 2 atom stereocenters. The molecular weight excluding hydrogens is 420 g/mol. The summed E-state index contributed by atoms with van der Waals surface area (Å²) in [5.74, 6) is 0.615. The molecule has 2 aliphatic rings. The van der Waals surface area contributed by atoms with E-state index in [9.17, 15) is 9.59 Å². The van der Waals surface area contributed by atoms with Crippen molar-refractivity contribution in [2.45, 2.75) is 30.7 Å². The lowest BCUT2D eigenvalue weighted by atomic mass is 10.2. The number of hydrogen-bond acceptors (Lipinski definition) is 3. The molecule has 4 nitrogen and oxygen atoms in total. The molecule has 0 bridgehead atoms. The van der Waals surface area contributed by atoms with Crippen LogP contribution in [-0.2, 0) is 9.59 Å². The molecule has 112 valence electrons. The number of fused-ring (bicyclic) bond motifs is 1. The average molecular weight is 434 g/mol. The Kier molecular flexibility index (Phi) is 4.09. The second-order valence-corrected chi connectivity index (χ2v) is 8.65. The van der Waals surface area contributed by atoms with Gasteiger partial charge in [-0.05, 0) is 47.5 Å². The van der Waals surface area contributed by atoms with Crippen LogP contribution in [0.2, 0.25) is 0 Å². The van der Waals surface area contributed by atoms with Crippen LogP contribution in [-0.4, -0.2) is 33.4 Å². The summed E-state index contributed by atoms with van der Waals surface area (Å²) in [6.07, 6.45) is 1.36. The minimum atomic E-state index is -0.384. The van der Waals surface area contributed by atoms with Crippen LogP contribution in [0, 0.1) is 0 Å². The zero-order valence-corrected chi connectivity index (χ0v) is 15.3. The molecule has 2 amide bonds. The van der Waals surface area contributed by atoms with Gasteiger partial charge in [-0.1, -0.05) is 15.9 Å². The van der Waals surface area contributed by atoms with E-state index in [0.717, 1.165) is 15.4 Å². The van der Waals surface area contributed by atoms with E-state index < -0.39 is 0 Å². The van der Waals surface area contributed by atoms with Crippen molar-refractivity contribution in [3.63, 3.8) is 0 Å². The minimum absolute atomic E-state index is 0.0810. The first-order valence-corrected chi connectivity index (χ1v) is 9.20. The molecule has 0 aliphatic carbocycles. The molecule has 7 heteroatoms. The minimum Gasteiger partial charge on any atom is -0.323 e. The summed E-state index contributed by atoms with van der Waals surface area (Å²) < 4.78 is 1.75. The molecule has 1 aromatic carbocycles. The van der Waals surface area contributed by atoms with E-state index in [1.165, 1.54) is 0 Å². The summed E-state index contributed by atoms with van der Waals surface area (Å²) in [6, 6.07) is 5.20. The lowest BCUT2D eigenvalue weighted by Crippen LogP contribution is -2.48. The van der Waals surface area contributed by atoms with Gasteiger partial charge in [0, 0.05) is 21.1 Å². The van der Waals surface area contributed by atoms with Gasteiger partial charge in [-0.2, -0.15) is 0 Å². The lowest BCUT2D eigenvalue weighted by Gasteiger charge is -2.29. The number of nitrogens with one attached hydrogen (secondary N) is 1. The number of amides is 2. The summed E-state index contributed by atoms with van der Waals surface area (Å²) in [5, 5.41) is 2.92. The number of benzene rings is 1. The molecule has 2 saturated heterocycles. The fraction of sp³-hybridized carbons (Fsp3) is 0.429. The molecule has 1 aromatic rings. The third kappa shape index (κ3) is 2.75. The van der Waals surface area contributed by atoms with E-state index in [1.807, 2.05) is 25.1 Å². The van der Waals surface area contributed by atoms with Crippen molar-refractivity contribution in [2.75, 3.05) is 11.1 Å².